The summed E-state index contributed by atoms with van der Waals surface area (Å²) < 4.78 is 0. The van der Waals surface area contributed by atoms with Crippen molar-refractivity contribution in [1.82, 2.24) is 10.6 Å². The van der Waals surface area contributed by atoms with Crippen LogP contribution in [0.15, 0.2) is 48.5 Å². The lowest BCUT2D eigenvalue weighted by molar-refractivity contribution is 0.0992. The van der Waals surface area contributed by atoms with Gasteiger partial charge in [-0.1, -0.05) is 47.5 Å². The van der Waals surface area contributed by atoms with Gasteiger partial charge in [0.05, 0.1) is 6.54 Å². The van der Waals surface area contributed by atoms with Gasteiger partial charge in [-0.25, -0.2) is 4.79 Å². The minimum absolute atomic E-state index is 0.0905. The Balaban J connectivity index is 1.78. The molecular formula is C16H14Cl2N2O2. The predicted octanol–water partition coefficient (Wildman–Crippen LogP) is 3.68. The number of ketones is 1. The van der Waals surface area contributed by atoms with Gasteiger partial charge >= 0.3 is 6.03 Å². The minimum Gasteiger partial charge on any atom is -0.334 e. The zero-order chi connectivity index (χ0) is 15.9. The van der Waals surface area contributed by atoms with Crippen molar-refractivity contribution in [3.63, 3.8) is 0 Å². The summed E-state index contributed by atoms with van der Waals surface area (Å²) in [6.45, 7) is 0.265. The van der Waals surface area contributed by atoms with Crippen molar-refractivity contribution in [2.75, 3.05) is 6.54 Å². The monoisotopic (exact) mass is 336 g/mol. The van der Waals surface area contributed by atoms with Crippen LogP contribution < -0.4 is 10.6 Å². The first-order chi connectivity index (χ1) is 10.5. The van der Waals surface area contributed by atoms with Gasteiger partial charge in [0.25, 0.3) is 0 Å². The molecule has 0 heterocycles. The van der Waals surface area contributed by atoms with Crippen molar-refractivity contribution < 1.29 is 9.59 Å². The molecule has 0 saturated carbocycles. The Bertz CT molecular complexity index is 672. The summed E-state index contributed by atoms with van der Waals surface area (Å²) in [5, 5.41) is 6.30. The molecule has 22 heavy (non-hydrogen) atoms. The van der Waals surface area contributed by atoms with E-state index < -0.39 is 6.03 Å². The van der Waals surface area contributed by atoms with E-state index in [9.17, 15) is 9.59 Å². The molecule has 4 nitrogen and oxygen atoms in total. The van der Waals surface area contributed by atoms with Crippen molar-refractivity contribution in [3.8, 4) is 0 Å². The van der Waals surface area contributed by atoms with Crippen molar-refractivity contribution >= 4 is 35.0 Å². The molecule has 114 valence electrons. The van der Waals surface area contributed by atoms with E-state index in [1.165, 1.54) is 0 Å². The number of benzene rings is 2. The highest BCUT2D eigenvalue weighted by molar-refractivity contribution is 6.31. The Hall–Kier alpha value is -2.04. The molecule has 0 atom stereocenters. The highest BCUT2D eigenvalue weighted by atomic mass is 35.5. The first-order valence-corrected chi connectivity index (χ1v) is 7.35. The molecule has 0 radical (unpaired) electrons. The van der Waals surface area contributed by atoms with E-state index >= 15 is 0 Å². The maximum atomic E-state index is 11.9. The number of Topliss-reactive ketones (excluding diaryl/α,β-unsaturated/α-hetero) is 1. The van der Waals surface area contributed by atoms with Gasteiger partial charge in [0.1, 0.15) is 0 Å². The number of hydrogen-bond acceptors (Lipinski definition) is 2. The third-order valence-corrected chi connectivity index (χ3v) is 3.41. The van der Waals surface area contributed by atoms with E-state index in [1.54, 1.807) is 36.4 Å². The average molecular weight is 337 g/mol. The van der Waals surface area contributed by atoms with Crippen molar-refractivity contribution in [2.45, 2.75) is 6.54 Å². The predicted molar refractivity (Wildman–Crippen MR) is 87.5 cm³/mol. The normalized spacial score (nSPS) is 10.1. The second kappa shape index (κ2) is 7.82. The fraction of sp³-hybridized carbons (Fsp3) is 0.125. The summed E-state index contributed by atoms with van der Waals surface area (Å²) in [6, 6.07) is 13.3. The zero-order valence-electron chi connectivity index (χ0n) is 11.6. The summed E-state index contributed by atoms with van der Waals surface area (Å²) in [7, 11) is 0. The average Bonchev–Trinajstić information content (AvgIpc) is 2.52. The topological polar surface area (TPSA) is 58.2 Å². The lowest BCUT2D eigenvalue weighted by Gasteiger charge is -2.07. The number of amides is 2. The van der Waals surface area contributed by atoms with E-state index in [0.29, 0.717) is 22.2 Å². The minimum atomic E-state index is -0.412. The number of carbonyl (C=O) groups excluding carboxylic acids is 2. The first-order valence-electron chi connectivity index (χ1n) is 6.59. The zero-order valence-corrected chi connectivity index (χ0v) is 13.1. The quantitative estimate of drug-likeness (QED) is 0.818. The molecule has 0 fully saturated rings. The number of halogens is 2. The van der Waals surface area contributed by atoms with Crippen LogP contribution in [-0.2, 0) is 6.54 Å². The molecule has 0 saturated heterocycles. The number of carbonyl (C=O) groups is 2. The van der Waals surface area contributed by atoms with Gasteiger partial charge in [-0.05, 0) is 29.8 Å². The highest BCUT2D eigenvalue weighted by Crippen LogP contribution is 2.11. The van der Waals surface area contributed by atoms with Crippen molar-refractivity contribution in [2.24, 2.45) is 0 Å². The summed E-state index contributed by atoms with van der Waals surface area (Å²) in [4.78, 5) is 23.6. The van der Waals surface area contributed by atoms with Gasteiger partial charge in [0, 0.05) is 22.2 Å². The SMILES string of the molecule is O=C(NCC(=O)c1cccc(Cl)c1)NCc1ccc(Cl)cc1. The van der Waals surface area contributed by atoms with Crippen LogP contribution in [0, 0.1) is 0 Å². The smallest absolute Gasteiger partial charge is 0.315 e. The van der Waals surface area contributed by atoms with E-state index in [-0.39, 0.29) is 12.3 Å². The second-order valence-corrected chi connectivity index (χ2v) is 5.47. The molecule has 0 aliphatic heterocycles. The summed E-state index contributed by atoms with van der Waals surface area (Å²) in [5.74, 6) is -0.204. The standard InChI is InChI=1S/C16H14Cl2N2O2/c17-13-6-4-11(5-7-13)9-19-16(22)20-10-15(21)12-2-1-3-14(18)8-12/h1-8H,9-10H2,(H2,19,20,22). The van der Waals surface area contributed by atoms with E-state index in [0.717, 1.165) is 5.56 Å². The van der Waals surface area contributed by atoms with Crippen LogP contribution in [0.25, 0.3) is 0 Å². The molecular weight excluding hydrogens is 323 g/mol. The summed E-state index contributed by atoms with van der Waals surface area (Å²) >= 11 is 11.6. The fourth-order valence-electron chi connectivity index (χ4n) is 1.77. The van der Waals surface area contributed by atoms with Gasteiger partial charge in [0.15, 0.2) is 5.78 Å². The molecule has 0 unspecified atom stereocenters. The molecule has 2 aromatic carbocycles. The lowest BCUT2D eigenvalue weighted by atomic mass is 10.1. The Morgan fingerprint density at radius 1 is 0.909 bits per heavy atom. The van der Waals surface area contributed by atoms with Gasteiger partial charge in [-0.2, -0.15) is 0 Å². The van der Waals surface area contributed by atoms with Crippen LogP contribution in [-0.4, -0.2) is 18.4 Å². The molecule has 2 N–H and O–H groups in total. The molecule has 0 aliphatic rings. The maximum absolute atomic E-state index is 11.9. The van der Waals surface area contributed by atoms with Crippen LogP contribution >= 0.6 is 23.2 Å². The molecule has 0 spiro atoms. The van der Waals surface area contributed by atoms with Crippen molar-refractivity contribution in [1.29, 1.82) is 0 Å². The number of hydrogen-bond donors (Lipinski definition) is 2. The van der Waals surface area contributed by atoms with Crippen molar-refractivity contribution in [3.05, 3.63) is 69.7 Å². The first kappa shape index (κ1) is 16.3. The third kappa shape index (κ3) is 5.06. The van der Waals surface area contributed by atoms with E-state index in [2.05, 4.69) is 10.6 Å². The van der Waals surface area contributed by atoms with Gasteiger partial charge in [-0.15, -0.1) is 0 Å². The largest absolute Gasteiger partial charge is 0.334 e. The molecule has 0 aliphatic carbocycles. The van der Waals surface area contributed by atoms with Crippen LogP contribution in [0.1, 0.15) is 15.9 Å². The molecule has 2 amide bonds. The molecule has 0 aromatic heterocycles. The Morgan fingerprint density at radius 3 is 2.32 bits per heavy atom. The summed E-state index contributed by atoms with van der Waals surface area (Å²) in [6.07, 6.45) is 0. The Kier molecular flexibility index (Phi) is 5.81. The Labute approximate surface area is 138 Å². The number of urea groups is 1. The maximum Gasteiger partial charge on any atom is 0.315 e. The van der Waals surface area contributed by atoms with Crippen LogP contribution in [0.2, 0.25) is 10.0 Å². The van der Waals surface area contributed by atoms with Gasteiger partial charge < -0.3 is 10.6 Å². The highest BCUT2D eigenvalue weighted by Gasteiger charge is 2.08. The van der Waals surface area contributed by atoms with Crippen LogP contribution in [0.4, 0.5) is 4.79 Å². The molecule has 2 aromatic rings. The molecule has 6 heteroatoms. The molecule has 0 bridgehead atoms. The number of rotatable bonds is 5. The van der Waals surface area contributed by atoms with Crippen LogP contribution in [0.3, 0.4) is 0 Å². The van der Waals surface area contributed by atoms with E-state index in [1.807, 2.05) is 12.1 Å². The second-order valence-electron chi connectivity index (χ2n) is 4.60. The number of nitrogens with one attached hydrogen (secondary N) is 2. The van der Waals surface area contributed by atoms with Gasteiger partial charge in [-0.3, -0.25) is 4.79 Å². The Morgan fingerprint density at radius 2 is 1.64 bits per heavy atom. The lowest BCUT2D eigenvalue weighted by Crippen LogP contribution is -2.38. The third-order valence-electron chi connectivity index (χ3n) is 2.92. The van der Waals surface area contributed by atoms with E-state index in [4.69, 9.17) is 23.2 Å². The van der Waals surface area contributed by atoms with Gasteiger partial charge in [0.2, 0.25) is 0 Å². The summed E-state index contributed by atoms with van der Waals surface area (Å²) in [5.41, 5.74) is 1.38. The van der Waals surface area contributed by atoms with Crippen LogP contribution in [0.5, 0.6) is 0 Å². The molecule has 2 rings (SSSR count). The fourth-order valence-corrected chi connectivity index (χ4v) is 2.09.